The molecule has 0 radical (unpaired) electrons. The second-order valence-corrected chi connectivity index (χ2v) is 7.52. The van der Waals surface area contributed by atoms with E-state index < -0.39 is 5.60 Å². The van der Waals surface area contributed by atoms with Crippen molar-refractivity contribution in [3.05, 3.63) is 28.5 Å². The van der Waals surface area contributed by atoms with Crippen LogP contribution in [-0.2, 0) is 11.3 Å². The van der Waals surface area contributed by atoms with Gasteiger partial charge in [-0.2, -0.15) is 0 Å². The minimum Gasteiger partial charge on any atom is -0.444 e. The van der Waals surface area contributed by atoms with Crippen LogP contribution in [0.25, 0.3) is 0 Å². The summed E-state index contributed by atoms with van der Waals surface area (Å²) in [6.45, 7) is 8.37. The van der Waals surface area contributed by atoms with Gasteiger partial charge in [-0.15, -0.1) is 0 Å². The van der Waals surface area contributed by atoms with E-state index in [1.807, 2.05) is 33.0 Å². The highest BCUT2D eigenvalue weighted by Crippen LogP contribution is 2.15. The molecule has 1 aliphatic rings. The monoisotopic (exact) mass is 369 g/mol. The normalized spacial score (nSPS) is 19.7. The van der Waals surface area contributed by atoms with Crippen LogP contribution in [0.2, 0.25) is 0 Å². The van der Waals surface area contributed by atoms with Crippen molar-refractivity contribution in [2.45, 2.75) is 51.8 Å². The molecule has 0 aliphatic carbocycles. The van der Waals surface area contributed by atoms with Crippen molar-refractivity contribution in [3.8, 4) is 0 Å². The number of pyridine rings is 1. The summed E-state index contributed by atoms with van der Waals surface area (Å²) in [4.78, 5) is 18.5. The Morgan fingerprint density at radius 1 is 1.50 bits per heavy atom. The molecule has 6 heteroatoms. The topological polar surface area (TPSA) is 54.5 Å². The van der Waals surface area contributed by atoms with Gasteiger partial charge in [-0.25, -0.2) is 9.78 Å². The number of carbonyl (C=O) groups is 1. The number of rotatable bonds is 3. The third-order valence-electron chi connectivity index (χ3n) is 3.42. The molecule has 1 aromatic heterocycles. The molecule has 1 aromatic rings. The van der Waals surface area contributed by atoms with Crippen molar-refractivity contribution in [1.29, 1.82) is 0 Å². The first kappa shape index (κ1) is 17.2. The molecule has 1 N–H and O–H groups in total. The van der Waals surface area contributed by atoms with Crippen LogP contribution in [0, 0.1) is 0 Å². The zero-order valence-corrected chi connectivity index (χ0v) is 15.0. The van der Waals surface area contributed by atoms with Gasteiger partial charge in [0, 0.05) is 25.3 Å². The Balaban J connectivity index is 1.83. The molecular formula is C16H24BrN3O2. The average molecular weight is 370 g/mol. The highest BCUT2D eigenvalue weighted by atomic mass is 79.9. The van der Waals surface area contributed by atoms with Crippen molar-refractivity contribution in [2.75, 3.05) is 13.1 Å². The third kappa shape index (κ3) is 5.93. The van der Waals surface area contributed by atoms with Crippen LogP contribution in [0.1, 0.15) is 39.2 Å². The molecule has 5 nitrogen and oxygen atoms in total. The van der Waals surface area contributed by atoms with Gasteiger partial charge in [0.15, 0.2) is 0 Å². The van der Waals surface area contributed by atoms with E-state index in [4.69, 9.17) is 4.74 Å². The molecule has 1 aliphatic heterocycles. The second kappa shape index (κ2) is 7.42. The fourth-order valence-electron chi connectivity index (χ4n) is 2.55. The molecule has 2 rings (SSSR count). The highest BCUT2D eigenvalue weighted by molar-refractivity contribution is 9.10. The van der Waals surface area contributed by atoms with E-state index >= 15 is 0 Å². The summed E-state index contributed by atoms with van der Waals surface area (Å²) < 4.78 is 6.17. The van der Waals surface area contributed by atoms with Gasteiger partial charge >= 0.3 is 6.09 Å². The van der Waals surface area contributed by atoms with E-state index in [-0.39, 0.29) is 12.1 Å². The molecule has 1 atom stereocenters. The van der Waals surface area contributed by atoms with Crippen LogP contribution in [0.15, 0.2) is 22.9 Å². The number of nitrogens with zero attached hydrogens (tertiary/aromatic N) is 2. The molecule has 122 valence electrons. The third-order valence-corrected chi connectivity index (χ3v) is 3.89. The van der Waals surface area contributed by atoms with E-state index in [1.54, 1.807) is 0 Å². The fraction of sp³-hybridized carbons (Fsp3) is 0.625. The molecule has 22 heavy (non-hydrogen) atoms. The first-order valence-electron chi connectivity index (χ1n) is 7.64. The smallest absolute Gasteiger partial charge is 0.407 e. The molecule has 2 heterocycles. The van der Waals surface area contributed by atoms with Gasteiger partial charge in [-0.3, -0.25) is 4.90 Å². The zero-order valence-electron chi connectivity index (χ0n) is 13.4. The maximum absolute atomic E-state index is 11.9. The number of hydrogen-bond acceptors (Lipinski definition) is 4. The number of piperidine rings is 1. The van der Waals surface area contributed by atoms with Gasteiger partial charge in [-0.05, 0) is 67.7 Å². The predicted molar refractivity (Wildman–Crippen MR) is 89.6 cm³/mol. The number of amides is 1. The standard InChI is InChI=1S/C16H24BrN3O2/c1-16(2,3)22-15(21)19-13-5-4-8-20(11-13)10-12-6-7-14(17)18-9-12/h6-7,9,13H,4-5,8,10-11H2,1-3H3,(H,19,21). The van der Waals surface area contributed by atoms with E-state index in [0.717, 1.165) is 37.1 Å². The van der Waals surface area contributed by atoms with Gasteiger partial charge in [0.05, 0.1) is 0 Å². The van der Waals surface area contributed by atoms with Crippen LogP contribution in [0.3, 0.4) is 0 Å². The lowest BCUT2D eigenvalue weighted by Gasteiger charge is -2.33. The molecule has 1 fully saturated rings. The number of likely N-dealkylation sites (tertiary alicyclic amines) is 1. The lowest BCUT2D eigenvalue weighted by molar-refractivity contribution is 0.0470. The number of carbonyl (C=O) groups excluding carboxylic acids is 1. The Bertz CT molecular complexity index is 499. The Hall–Kier alpha value is -1.14. The Labute approximate surface area is 140 Å². The maximum atomic E-state index is 11.9. The van der Waals surface area contributed by atoms with Gasteiger partial charge in [0.1, 0.15) is 10.2 Å². The zero-order chi connectivity index (χ0) is 16.2. The van der Waals surface area contributed by atoms with Crippen LogP contribution >= 0.6 is 15.9 Å². The number of alkyl carbamates (subject to hydrolysis) is 1. The van der Waals surface area contributed by atoms with E-state index in [1.165, 1.54) is 5.56 Å². The minimum absolute atomic E-state index is 0.145. The quantitative estimate of drug-likeness (QED) is 0.830. The van der Waals surface area contributed by atoms with Crippen LogP contribution in [0.4, 0.5) is 4.79 Å². The predicted octanol–water partition coefficient (Wildman–Crippen LogP) is 3.33. The van der Waals surface area contributed by atoms with Crippen molar-refractivity contribution < 1.29 is 9.53 Å². The Morgan fingerprint density at radius 2 is 2.27 bits per heavy atom. The molecule has 1 saturated heterocycles. The highest BCUT2D eigenvalue weighted by Gasteiger charge is 2.24. The fourth-order valence-corrected chi connectivity index (χ4v) is 2.78. The molecule has 0 bridgehead atoms. The van der Waals surface area contributed by atoms with Crippen LogP contribution < -0.4 is 5.32 Å². The number of nitrogens with one attached hydrogen (secondary N) is 1. The summed E-state index contributed by atoms with van der Waals surface area (Å²) in [5, 5.41) is 2.97. The molecule has 1 amide bonds. The Kier molecular flexibility index (Phi) is 5.81. The number of hydrogen-bond donors (Lipinski definition) is 1. The van der Waals surface area contributed by atoms with Crippen LogP contribution in [0.5, 0.6) is 0 Å². The first-order valence-corrected chi connectivity index (χ1v) is 8.43. The molecule has 0 saturated carbocycles. The molecule has 0 spiro atoms. The average Bonchev–Trinajstić information content (AvgIpc) is 2.39. The molecular weight excluding hydrogens is 346 g/mol. The largest absolute Gasteiger partial charge is 0.444 e. The van der Waals surface area contributed by atoms with Crippen molar-refractivity contribution in [1.82, 2.24) is 15.2 Å². The summed E-state index contributed by atoms with van der Waals surface area (Å²) in [6.07, 6.45) is 3.62. The van der Waals surface area contributed by atoms with E-state index in [9.17, 15) is 4.79 Å². The van der Waals surface area contributed by atoms with Gasteiger partial charge in [0.25, 0.3) is 0 Å². The number of ether oxygens (including phenoxy) is 1. The van der Waals surface area contributed by atoms with E-state index in [2.05, 4.69) is 37.2 Å². The van der Waals surface area contributed by atoms with Gasteiger partial charge in [0.2, 0.25) is 0 Å². The van der Waals surface area contributed by atoms with Crippen LogP contribution in [-0.4, -0.2) is 40.7 Å². The SMILES string of the molecule is CC(C)(C)OC(=O)NC1CCCN(Cc2ccc(Br)nc2)C1. The van der Waals surface area contributed by atoms with Crippen molar-refractivity contribution >= 4 is 22.0 Å². The summed E-state index contributed by atoms with van der Waals surface area (Å²) in [5.41, 5.74) is 0.725. The lowest BCUT2D eigenvalue weighted by Crippen LogP contribution is -2.48. The summed E-state index contributed by atoms with van der Waals surface area (Å²) in [7, 11) is 0. The first-order chi connectivity index (χ1) is 10.3. The van der Waals surface area contributed by atoms with Crippen molar-refractivity contribution in [3.63, 3.8) is 0 Å². The lowest BCUT2D eigenvalue weighted by atomic mass is 10.1. The summed E-state index contributed by atoms with van der Waals surface area (Å²) in [6, 6.07) is 4.17. The van der Waals surface area contributed by atoms with Gasteiger partial charge < -0.3 is 10.1 Å². The van der Waals surface area contributed by atoms with E-state index in [0.29, 0.717) is 0 Å². The molecule has 0 aromatic carbocycles. The maximum Gasteiger partial charge on any atom is 0.407 e. The second-order valence-electron chi connectivity index (χ2n) is 6.71. The summed E-state index contributed by atoms with van der Waals surface area (Å²) >= 11 is 3.35. The molecule has 1 unspecified atom stereocenters. The Morgan fingerprint density at radius 3 is 2.91 bits per heavy atom. The van der Waals surface area contributed by atoms with Crippen molar-refractivity contribution in [2.24, 2.45) is 0 Å². The summed E-state index contributed by atoms with van der Waals surface area (Å²) in [5.74, 6) is 0. The van der Waals surface area contributed by atoms with Gasteiger partial charge in [-0.1, -0.05) is 6.07 Å². The number of aromatic nitrogens is 1. The number of halogens is 1. The minimum atomic E-state index is -0.457.